The van der Waals surface area contributed by atoms with Crippen molar-refractivity contribution in [1.82, 2.24) is 0 Å². The van der Waals surface area contributed by atoms with Gasteiger partial charge in [-0.15, -0.1) is 0 Å². The van der Waals surface area contributed by atoms with E-state index in [4.69, 9.17) is 9.79 Å². The summed E-state index contributed by atoms with van der Waals surface area (Å²) in [5, 5.41) is 9.36. The standard InChI is InChI=1S/C11H23O5P/c1-4-7-9(8-17(14,15)16)11(5-2,6-3)10(12)13/h9H,4-8H2,1-3H3,(H,12,13)(H2,14,15,16). The summed E-state index contributed by atoms with van der Waals surface area (Å²) >= 11 is 0. The second-order valence-corrected chi connectivity index (χ2v) is 6.20. The SMILES string of the molecule is CCCC(CP(=O)(O)O)C(CC)(CC)C(=O)O. The van der Waals surface area contributed by atoms with Crippen molar-refractivity contribution < 1.29 is 24.3 Å². The zero-order chi connectivity index (χ0) is 13.7. The summed E-state index contributed by atoms with van der Waals surface area (Å²) in [6.45, 7) is 5.42. The Morgan fingerprint density at radius 2 is 1.71 bits per heavy atom. The van der Waals surface area contributed by atoms with Gasteiger partial charge in [-0.3, -0.25) is 9.36 Å². The Labute approximate surface area is 102 Å². The predicted octanol–water partition coefficient (Wildman–Crippen LogP) is 2.47. The fourth-order valence-electron chi connectivity index (χ4n) is 2.48. The van der Waals surface area contributed by atoms with Crippen LogP contribution in [0.4, 0.5) is 0 Å². The van der Waals surface area contributed by atoms with Crippen LogP contribution in [0.5, 0.6) is 0 Å². The zero-order valence-corrected chi connectivity index (χ0v) is 11.6. The molecule has 0 radical (unpaired) electrons. The molecule has 0 saturated carbocycles. The topological polar surface area (TPSA) is 94.8 Å². The van der Waals surface area contributed by atoms with Crippen LogP contribution >= 0.6 is 7.60 Å². The number of rotatable bonds is 8. The van der Waals surface area contributed by atoms with Gasteiger partial charge in [-0.2, -0.15) is 0 Å². The highest BCUT2D eigenvalue weighted by atomic mass is 31.2. The fourth-order valence-corrected chi connectivity index (χ4v) is 3.59. The first-order valence-electron chi connectivity index (χ1n) is 6.01. The van der Waals surface area contributed by atoms with E-state index in [1.54, 1.807) is 13.8 Å². The molecule has 0 aliphatic carbocycles. The lowest BCUT2D eigenvalue weighted by Gasteiger charge is -2.35. The Balaban J connectivity index is 5.23. The van der Waals surface area contributed by atoms with E-state index < -0.39 is 24.9 Å². The molecule has 102 valence electrons. The summed E-state index contributed by atoms with van der Waals surface area (Å²) in [6.07, 6.45) is 1.70. The quantitative estimate of drug-likeness (QED) is 0.587. The molecule has 0 rings (SSSR count). The smallest absolute Gasteiger partial charge is 0.325 e. The summed E-state index contributed by atoms with van der Waals surface area (Å²) in [6, 6.07) is 0. The first-order valence-corrected chi connectivity index (χ1v) is 7.81. The van der Waals surface area contributed by atoms with Crippen molar-refractivity contribution in [3.05, 3.63) is 0 Å². The summed E-state index contributed by atoms with van der Waals surface area (Å²) in [5.74, 6) is -1.42. The third-order valence-electron chi connectivity index (χ3n) is 3.56. The van der Waals surface area contributed by atoms with E-state index in [-0.39, 0.29) is 6.16 Å². The molecule has 1 unspecified atom stereocenters. The van der Waals surface area contributed by atoms with Crippen molar-refractivity contribution in [2.24, 2.45) is 11.3 Å². The number of carboxylic acid groups (broad SMARTS) is 1. The van der Waals surface area contributed by atoms with Crippen LogP contribution in [0.25, 0.3) is 0 Å². The number of aliphatic carboxylic acids is 1. The van der Waals surface area contributed by atoms with Crippen LogP contribution in [0.2, 0.25) is 0 Å². The van der Waals surface area contributed by atoms with E-state index in [0.29, 0.717) is 19.3 Å². The molecule has 0 saturated heterocycles. The van der Waals surface area contributed by atoms with E-state index in [9.17, 15) is 14.5 Å². The first-order chi connectivity index (χ1) is 7.73. The highest BCUT2D eigenvalue weighted by molar-refractivity contribution is 7.51. The highest BCUT2D eigenvalue weighted by Crippen LogP contribution is 2.47. The molecule has 5 nitrogen and oxygen atoms in total. The molecule has 0 aromatic carbocycles. The van der Waals surface area contributed by atoms with Gasteiger partial charge in [-0.25, -0.2) is 0 Å². The minimum absolute atomic E-state index is 0.338. The first kappa shape index (κ1) is 16.6. The largest absolute Gasteiger partial charge is 0.481 e. The summed E-state index contributed by atoms with van der Waals surface area (Å²) in [7, 11) is -4.18. The molecule has 0 aromatic rings. The molecule has 0 bridgehead atoms. The maximum Gasteiger partial charge on any atom is 0.325 e. The van der Waals surface area contributed by atoms with Crippen LogP contribution in [0.1, 0.15) is 46.5 Å². The van der Waals surface area contributed by atoms with Crippen molar-refractivity contribution in [3.63, 3.8) is 0 Å². The molecule has 1 atom stereocenters. The minimum Gasteiger partial charge on any atom is -0.481 e. The maximum absolute atomic E-state index is 11.4. The van der Waals surface area contributed by atoms with Crippen LogP contribution in [0, 0.1) is 11.3 Å². The Morgan fingerprint density at radius 3 is 1.94 bits per heavy atom. The van der Waals surface area contributed by atoms with Gasteiger partial charge in [0.05, 0.1) is 11.6 Å². The van der Waals surface area contributed by atoms with Crippen molar-refractivity contribution >= 4 is 13.6 Å². The number of hydrogen-bond donors (Lipinski definition) is 3. The average molecular weight is 266 g/mol. The average Bonchev–Trinajstić information content (AvgIpc) is 2.17. The van der Waals surface area contributed by atoms with Gasteiger partial charge < -0.3 is 14.9 Å². The molecule has 0 heterocycles. The van der Waals surface area contributed by atoms with E-state index in [1.807, 2.05) is 6.92 Å². The minimum atomic E-state index is -4.18. The van der Waals surface area contributed by atoms with Crippen molar-refractivity contribution in [2.75, 3.05) is 6.16 Å². The predicted molar refractivity (Wildman–Crippen MR) is 66.0 cm³/mol. The normalized spacial score (nSPS) is 14.6. The van der Waals surface area contributed by atoms with Crippen molar-refractivity contribution in [2.45, 2.75) is 46.5 Å². The van der Waals surface area contributed by atoms with Crippen LogP contribution in [0.15, 0.2) is 0 Å². The second-order valence-electron chi connectivity index (χ2n) is 4.50. The van der Waals surface area contributed by atoms with Gasteiger partial charge in [0.2, 0.25) is 0 Å². The fraction of sp³-hybridized carbons (Fsp3) is 0.909. The van der Waals surface area contributed by atoms with Gasteiger partial charge in [-0.1, -0.05) is 27.2 Å². The van der Waals surface area contributed by atoms with E-state index in [2.05, 4.69) is 0 Å². The van der Waals surface area contributed by atoms with E-state index >= 15 is 0 Å². The monoisotopic (exact) mass is 266 g/mol. The zero-order valence-electron chi connectivity index (χ0n) is 10.7. The van der Waals surface area contributed by atoms with Crippen molar-refractivity contribution in [3.8, 4) is 0 Å². The Hall–Kier alpha value is -0.380. The summed E-state index contributed by atoms with van der Waals surface area (Å²) in [5.41, 5.74) is -1.02. The van der Waals surface area contributed by atoms with Gasteiger partial charge in [0, 0.05) is 0 Å². The molecule has 0 aromatic heterocycles. The molecule has 17 heavy (non-hydrogen) atoms. The van der Waals surface area contributed by atoms with Gasteiger partial charge in [-0.05, 0) is 25.2 Å². The van der Waals surface area contributed by atoms with E-state index in [1.165, 1.54) is 0 Å². The Bertz CT molecular complexity index is 292. The molecular weight excluding hydrogens is 243 g/mol. The third kappa shape index (κ3) is 4.41. The molecule has 0 amide bonds. The van der Waals surface area contributed by atoms with Gasteiger partial charge >= 0.3 is 13.6 Å². The Morgan fingerprint density at radius 1 is 1.24 bits per heavy atom. The molecule has 3 N–H and O–H groups in total. The lowest BCUT2D eigenvalue weighted by Crippen LogP contribution is -2.39. The van der Waals surface area contributed by atoms with Gasteiger partial charge in [0.1, 0.15) is 0 Å². The molecule has 0 fully saturated rings. The summed E-state index contributed by atoms with van der Waals surface area (Å²) in [4.78, 5) is 29.6. The lowest BCUT2D eigenvalue weighted by atomic mass is 9.70. The number of hydrogen-bond acceptors (Lipinski definition) is 2. The summed E-state index contributed by atoms with van der Waals surface area (Å²) < 4.78 is 11.1. The second kappa shape index (κ2) is 6.53. The third-order valence-corrected chi connectivity index (χ3v) is 4.48. The molecule has 0 aliphatic heterocycles. The Kier molecular flexibility index (Phi) is 6.38. The van der Waals surface area contributed by atoms with Gasteiger partial charge in [0.15, 0.2) is 0 Å². The lowest BCUT2D eigenvalue weighted by molar-refractivity contribution is -0.153. The number of carbonyl (C=O) groups is 1. The van der Waals surface area contributed by atoms with Crippen LogP contribution < -0.4 is 0 Å². The van der Waals surface area contributed by atoms with E-state index in [0.717, 1.165) is 6.42 Å². The number of carboxylic acids is 1. The molecule has 0 aliphatic rings. The molecule has 0 spiro atoms. The molecule has 6 heteroatoms. The maximum atomic E-state index is 11.4. The van der Waals surface area contributed by atoms with Gasteiger partial charge in [0.25, 0.3) is 0 Å². The van der Waals surface area contributed by atoms with Crippen LogP contribution in [0.3, 0.4) is 0 Å². The molecular formula is C11H23O5P. The van der Waals surface area contributed by atoms with Crippen LogP contribution in [-0.2, 0) is 9.36 Å². The highest BCUT2D eigenvalue weighted by Gasteiger charge is 2.44. The van der Waals surface area contributed by atoms with Crippen LogP contribution in [-0.4, -0.2) is 27.0 Å². The van der Waals surface area contributed by atoms with Crippen molar-refractivity contribution in [1.29, 1.82) is 0 Å².